The summed E-state index contributed by atoms with van der Waals surface area (Å²) in [4.78, 5) is 11.0. The number of carbonyl (C=O) groups is 1. The smallest absolute Gasteiger partial charge is 0.220 e. The Hall–Kier alpha value is -2.09. The van der Waals surface area contributed by atoms with E-state index in [-0.39, 0.29) is 17.5 Å². The second-order valence-electron chi connectivity index (χ2n) is 3.99. The van der Waals surface area contributed by atoms with E-state index in [4.69, 9.17) is 5.26 Å². The highest BCUT2D eigenvalue weighted by atomic mass is 19.1. The van der Waals surface area contributed by atoms with Crippen LogP contribution in [0.2, 0.25) is 0 Å². The van der Waals surface area contributed by atoms with Crippen molar-refractivity contribution in [3.8, 4) is 6.07 Å². The lowest BCUT2D eigenvalue weighted by Gasteiger charge is -2.12. The number of hydrogen-bond acceptors (Lipinski definition) is 3. The van der Waals surface area contributed by atoms with Crippen LogP contribution in [0, 0.1) is 17.1 Å². The molecule has 2 N–H and O–H groups in total. The minimum atomic E-state index is -0.534. The zero-order valence-electron chi connectivity index (χ0n) is 9.16. The molecule has 1 amide bonds. The lowest BCUT2D eigenvalue weighted by atomic mass is 10.2. The molecule has 88 valence electrons. The van der Waals surface area contributed by atoms with Crippen LogP contribution in [0.5, 0.6) is 0 Å². The number of nitrogens with zero attached hydrogens (tertiary/aromatic N) is 1. The largest absolute Gasteiger partial charge is 0.383 e. The van der Waals surface area contributed by atoms with E-state index in [1.54, 1.807) is 12.1 Å². The minimum absolute atomic E-state index is 0.0321. The van der Waals surface area contributed by atoms with Gasteiger partial charge in [0.05, 0.1) is 5.56 Å². The summed E-state index contributed by atoms with van der Waals surface area (Å²) < 4.78 is 13.3. The molecule has 17 heavy (non-hydrogen) atoms. The van der Waals surface area contributed by atoms with Crippen LogP contribution in [0.1, 0.15) is 18.4 Å². The van der Waals surface area contributed by atoms with Gasteiger partial charge in [-0.25, -0.2) is 4.39 Å². The van der Waals surface area contributed by atoms with Crippen LogP contribution in [-0.2, 0) is 4.79 Å². The number of halogens is 1. The topological polar surface area (TPSA) is 64.9 Å². The Bertz CT molecular complexity index is 481. The summed E-state index contributed by atoms with van der Waals surface area (Å²) in [5.41, 5.74) is 0.646. The molecule has 0 spiro atoms. The highest BCUT2D eigenvalue weighted by Crippen LogP contribution is 2.14. The van der Waals surface area contributed by atoms with Gasteiger partial charge < -0.3 is 10.6 Å². The summed E-state index contributed by atoms with van der Waals surface area (Å²) in [7, 11) is 0. The molecule has 1 aliphatic heterocycles. The fourth-order valence-electron chi connectivity index (χ4n) is 1.79. The van der Waals surface area contributed by atoms with Crippen molar-refractivity contribution >= 4 is 11.6 Å². The van der Waals surface area contributed by atoms with E-state index in [1.807, 2.05) is 0 Å². The molecule has 0 bridgehead atoms. The third-order valence-electron chi connectivity index (χ3n) is 2.73. The molecule has 1 fully saturated rings. The highest BCUT2D eigenvalue weighted by molar-refractivity contribution is 5.78. The number of hydrogen-bond donors (Lipinski definition) is 2. The second kappa shape index (κ2) is 4.83. The van der Waals surface area contributed by atoms with E-state index in [0.29, 0.717) is 18.7 Å². The average molecular weight is 233 g/mol. The molecular formula is C12H12FN3O. The first kappa shape index (κ1) is 11.4. The first-order valence-corrected chi connectivity index (χ1v) is 5.42. The van der Waals surface area contributed by atoms with Gasteiger partial charge in [-0.3, -0.25) is 4.79 Å². The van der Waals surface area contributed by atoms with Gasteiger partial charge in [0.25, 0.3) is 0 Å². The van der Waals surface area contributed by atoms with Gasteiger partial charge in [-0.2, -0.15) is 5.26 Å². The molecule has 1 aromatic carbocycles. The standard InChI is InChI=1S/C12H12FN3O/c13-11-5-9(2-1-8(11)6-14)15-7-10-3-4-12(17)16-10/h1-2,5,10,15H,3-4,7H2,(H,16,17). The summed E-state index contributed by atoms with van der Waals surface area (Å²) in [6.07, 6.45) is 1.35. The number of nitrogens with one attached hydrogen (secondary N) is 2. The quantitative estimate of drug-likeness (QED) is 0.829. The summed E-state index contributed by atoms with van der Waals surface area (Å²) in [6.45, 7) is 0.567. The highest BCUT2D eigenvalue weighted by Gasteiger charge is 2.20. The van der Waals surface area contributed by atoms with Gasteiger partial charge in [-0.15, -0.1) is 0 Å². The summed E-state index contributed by atoms with van der Waals surface area (Å²) >= 11 is 0. The molecule has 1 atom stereocenters. The predicted molar refractivity (Wildman–Crippen MR) is 60.8 cm³/mol. The van der Waals surface area contributed by atoms with E-state index in [9.17, 15) is 9.18 Å². The van der Waals surface area contributed by atoms with Crippen molar-refractivity contribution in [2.75, 3.05) is 11.9 Å². The Morgan fingerprint density at radius 3 is 3.00 bits per heavy atom. The maximum atomic E-state index is 13.3. The number of nitriles is 1. The van der Waals surface area contributed by atoms with Crippen LogP contribution in [0.3, 0.4) is 0 Å². The van der Waals surface area contributed by atoms with E-state index < -0.39 is 5.82 Å². The third-order valence-corrected chi connectivity index (χ3v) is 2.73. The van der Waals surface area contributed by atoms with Crippen LogP contribution >= 0.6 is 0 Å². The maximum Gasteiger partial charge on any atom is 0.220 e. The van der Waals surface area contributed by atoms with Crippen molar-refractivity contribution in [3.63, 3.8) is 0 Å². The predicted octanol–water partition coefficient (Wildman–Crippen LogP) is 1.39. The van der Waals surface area contributed by atoms with Crippen LogP contribution < -0.4 is 10.6 Å². The van der Waals surface area contributed by atoms with Gasteiger partial charge in [0, 0.05) is 24.7 Å². The molecule has 1 saturated heterocycles. The minimum Gasteiger partial charge on any atom is -0.383 e. The Morgan fingerprint density at radius 2 is 2.41 bits per heavy atom. The fourth-order valence-corrected chi connectivity index (χ4v) is 1.79. The van der Waals surface area contributed by atoms with Crippen LogP contribution in [0.4, 0.5) is 10.1 Å². The van der Waals surface area contributed by atoms with Gasteiger partial charge >= 0.3 is 0 Å². The monoisotopic (exact) mass is 233 g/mol. The van der Waals surface area contributed by atoms with Crippen molar-refractivity contribution in [3.05, 3.63) is 29.6 Å². The van der Waals surface area contributed by atoms with E-state index >= 15 is 0 Å². The Labute approximate surface area is 98.4 Å². The third kappa shape index (κ3) is 2.72. The average Bonchev–Trinajstić information content (AvgIpc) is 2.73. The van der Waals surface area contributed by atoms with Crippen LogP contribution in [-0.4, -0.2) is 18.5 Å². The molecule has 2 rings (SSSR count). The van der Waals surface area contributed by atoms with E-state index in [0.717, 1.165) is 6.42 Å². The van der Waals surface area contributed by atoms with Gasteiger partial charge in [-0.1, -0.05) is 0 Å². The zero-order valence-corrected chi connectivity index (χ0v) is 9.16. The first-order chi connectivity index (χ1) is 8.19. The number of anilines is 1. The molecule has 4 nitrogen and oxygen atoms in total. The summed E-state index contributed by atoms with van der Waals surface area (Å²) in [5.74, 6) is -0.476. The maximum absolute atomic E-state index is 13.3. The molecule has 0 saturated carbocycles. The number of rotatable bonds is 3. The number of benzene rings is 1. The molecule has 0 aliphatic carbocycles. The van der Waals surface area contributed by atoms with Crippen molar-refractivity contribution in [2.24, 2.45) is 0 Å². The van der Waals surface area contributed by atoms with Gasteiger partial charge in [-0.05, 0) is 24.6 Å². The summed E-state index contributed by atoms with van der Waals surface area (Å²) in [6, 6.07) is 6.24. The second-order valence-corrected chi connectivity index (χ2v) is 3.99. The number of amides is 1. The fraction of sp³-hybridized carbons (Fsp3) is 0.333. The zero-order chi connectivity index (χ0) is 12.3. The Morgan fingerprint density at radius 1 is 1.59 bits per heavy atom. The first-order valence-electron chi connectivity index (χ1n) is 5.42. The van der Waals surface area contributed by atoms with E-state index in [2.05, 4.69) is 10.6 Å². The van der Waals surface area contributed by atoms with Crippen molar-refractivity contribution in [2.45, 2.75) is 18.9 Å². The lowest BCUT2D eigenvalue weighted by Crippen LogP contribution is -2.31. The Balaban J connectivity index is 1.93. The van der Waals surface area contributed by atoms with Crippen molar-refractivity contribution in [1.82, 2.24) is 5.32 Å². The number of carbonyl (C=O) groups excluding carboxylic acids is 1. The van der Waals surface area contributed by atoms with Crippen LogP contribution in [0.25, 0.3) is 0 Å². The molecule has 0 aromatic heterocycles. The molecule has 5 heteroatoms. The van der Waals surface area contributed by atoms with Crippen LogP contribution in [0.15, 0.2) is 18.2 Å². The normalized spacial score (nSPS) is 18.6. The van der Waals surface area contributed by atoms with Crippen molar-refractivity contribution < 1.29 is 9.18 Å². The molecule has 1 unspecified atom stereocenters. The Kier molecular flexibility index (Phi) is 3.24. The molecule has 0 radical (unpaired) electrons. The molecular weight excluding hydrogens is 221 g/mol. The summed E-state index contributed by atoms with van der Waals surface area (Å²) in [5, 5.41) is 14.4. The van der Waals surface area contributed by atoms with Gasteiger partial charge in [0.2, 0.25) is 5.91 Å². The van der Waals surface area contributed by atoms with Gasteiger partial charge in [0.1, 0.15) is 11.9 Å². The van der Waals surface area contributed by atoms with Crippen molar-refractivity contribution in [1.29, 1.82) is 5.26 Å². The van der Waals surface area contributed by atoms with Gasteiger partial charge in [0.15, 0.2) is 0 Å². The van der Waals surface area contributed by atoms with E-state index in [1.165, 1.54) is 12.1 Å². The molecule has 1 aliphatic rings. The molecule has 1 aromatic rings. The SMILES string of the molecule is N#Cc1ccc(NCC2CCC(=O)N2)cc1F. The molecule has 1 heterocycles. The lowest BCUT2D eigenvalue weighted by molar-refractivity contribution is -0.119.